The van der Waals surface area contributed by atoms with Gasteiger partial charge in [-0.1, -0.05) is 18.2 Å². The average Bonchev–Trinajstić information content (AvgIpc) is 3.36. The van der Waals surface area contributed by atoms with Crippen molar-refractivity contribution >= 4 is 5.91 Å². The third-order valence-corrected chi connectivity index (χ3v) is 4.83. The molecule has 0 bridgehead atoms. The molecule has 7 nitrogen and oxygen atoms in total. The summed E-state index contributed by atoms with van der Waals surface area (Å²) in [6.45, 7) is 1.18. The molecule has 3 aromatic rings. The molecule has 2 N–H and O–H groups in total. The zero-order chi connectivity index (χ0) is 18.1. The summed E-state index contributed by atoms with van der Waals surface area (Å²) in [5.41, 5.74) is 9.09. The Balaban J connectivity index is 1.42. The summed E-state index contributed by atoms with van der Waals surface area (Å²) < 4.78 is 3.69. The summed E-state index contributed by atoms with van der Waals surface area (Å²) in [7, 11) is 1.93. The number of carbonyl (C=O) groups is 1. The van der Waals surface area contributed by atoms with E-state index in [0.717, 1.165) is 16.9 Å². The van der Waals surface area contributed by atoms with Gasteiger partial charge in [0, 0.05) is 44.5 Å². The van der Waals surface area contributed by atoms with Crippen LogP contribution in [0.2, 0.25) is 0 Å². The molecule has 0 saturated carbocycles. The van der Waals surface area contributed by atoms with E-state index in [1.807, 2.05) is 59.2 Å². The highest BCUT2D eigenvalue weighted by Crippen LogP contribution is 2.25. The largest absolute Gasteiger partial charge is 0.340 e. The Morgan fingerprint density at radius 3 is 2.77 bits per heavy atom. The second-order valence-corrected chi connectivity index (χ2v) is 6.84. The van der Waals surface area contributed by atoms with Gasteiger partial charge in [0.2, 0.25) is 5.91 Å². The van der Waals surface area contributed by atoms with Gasteiger partial charge >= 0.3 is 0 Å². The Kier molecular flexibility index (Phi) is 4.30. The monoisotopic (exact) mass is 350 g/mol. The Morgan fingerprint density at radius 1 is 1.23 bits per heavy atom. The number of aromatic nitrogens is 4. The number of para-hydroxylation sites is 1. The van der Waals surface area contributed by atoms with Crippen molar-refractivity contribution in [1.29, 1.82) is 0 Å². The van der Waals surface area contributed by atoms with Gasteiger partial charge in [-0.3, -0.25) is 4.79 Å². The first kappa shape index (κ1) is 16.5. The highest BCUT2D eigenvalue weighted by Gasteiger charge is 2.35. The number of imidazole rings is 1. The standard InChI is InChI=1S/C19H22N6O/c1-23-12-18(21-13-23)16-10-24(11-17(16)20)19(26)7-14-8-22-25(9-14)15-5-3-2-4-6-15/h2-6,8-9,12-13,16-17H,7,10-11,20H2,1H3/t16-,17-/m1/s1. The molecule has 1 amide bonds. The summed E-state index contributed by atoms with van der Waals surface area (Å²) in [6, 6.07) is 9.77. The van der Waals surface area contributed by atoms with Crippen molar-refractivity contribution in [1.82, 2.24) is 24.2 Å². The molecule has 7 heteroatoms. The molecule has 1 fully saturated rings. The Labute approximate surface area is 152 Å². The molecule has 26 heavy (non-hydrogen) atoms. The number of carbonyl (C=O) groups excluding carboxylic acids is 1. The van der Waals surface area contributed by atoms with Crippen LogP contribution in [0.1, 0.15) is 17.2 Å². The van der Waals surface area contributed by atoms with Crippen molar-refractivity contribution in [2.24, 2.45) is 12.8 Å². The van der Waals surface area contributed by atoms with Crippen molar-refractivity contribution in [3.05, 3.63) is 66.5 Å². The van der Waals surface area contributed by atoms with E-state index in [0.29, 0.717) is 19.5 Å². The van der Waals surface area contributed by atoms with Gasteiger partial charge in [0.25, 0.3) is 0 Å². The Hall–Kier alpha value is -2.93. The van der Waals surface area contributed by atoms with Crippen LogP contribution in [0.3, 0.4) is 0 Å². The quantitative estimate of drug-likeness (QED) is 0.764. The van der Waals surface area contributed by atoms with E-state index in [4.69, 9.17) is 5.73 Å². The van der Waals surface area contributed by atoms with Gasteiger partial charge in [0.05, 0.1) is 30.3 Å². The molecule has 4 rings (SSSR count). The zero-order valence-electron chi connectivity index (χ0n) is 14.7. The van der Waals surface area contributed by atoms with Crippen LogP contribution in [-0.4, -0.2) is 49.3 Å². The van der Waals surface area contributed by atoms with Crippen molar-refractivity contribution in [3.8, 4) is 5.69 Å². The first-order valence-corrected chi connectivity index (χ1v) is 8.70. The number of likely N-dealkylation sites (tertiary alicyclic amines) is 1. The highest BCUT2D eigenvalue weighted by atomic mass is 16.2. The lowest BCUT2D eigenvalue weighted by molar-refractivity contribution is -0.129. The molecule has 134 valence electrons. The van der Waals surface area contributed by atoms with Crippen LogP contribution in [0.4, 0.5) is 0 Å². The van der Waals surface area contributed by atoms with Crippen LogP contribution >= 0.6 is 0 Å². The normalized spacial score (nSPS) is 19.8. The first-order chi connectivity index (χ1) is 12.6. The predicted molar refractivity (Wildman–Crippen MR) is 97.8 cm³/mol. The van der Waals surface area contributed by atoms with E-state index >= 15 is 0 Å². The van der Waals surface area contributed by atoms with E-state index in [1.165, 1.54) is 0 Å². The van der Waals surface area contributed by atoms with Crippen molar-refractivity contribution < 1.29 is 4.79 Å². The molecule has 1 aliphatic heterocycles. The van der Waals surface area contributed by atoms with E-state index in [-0.39, 0.29) is 17.9 Å². The Bertz CT molecular complexity index is 900. The topological polar surface area (TPSA) is 82.0 Å². The van der Waals surface area contributed by atoms with E-state index in [2.05, 4.69) is 10.1 Å². The maximum atomic E-state index is 12.7. The minimum atomic E-state index is -0.0825. The van der Waals surface area contributed by atoms with Gasteiger partial charge in [-0.2, -0.15) is 5.10 Å². The molecule has 2 atom stereocenters. The molecular formula is C19H22N6O. The van der Waals surface area contributed by atoms with Crippen molar-refractivity contribution in [2.45, 2.75) is 18.4 Å². The fraction of sp³-hybridized carbons (Fsp3) is 0.316. The maximum absolute atomic E-state index is 12.7. The minimum Gasteiger partial charge on any atom is -0.340 e. The van der Waals surface area contributed by atoms with Gasteiger partial charge in [0.15, 0.2) is 0 Å². The lowest BCUT2D eigenvalue weighted by atomic mass is 10.0. The van der Waals surface area contributed by atoms with E-state index < -0.39 is 0 Å². The van der Waals surface area contributed by atoms with Crippen molar-refractivity contribution in [3.63, 3.8) is 0 Å². The number of amides is 1. The predicted octanol–water partition coefficient (Wildman–Crippen LogP) is 1.10. The zero-order valence-corrected chi connectivity index (χ0v) is 14.7. The van der Waals surface area contributed by atoms with Gasteiger partial charge in [0.1, 0.15) is 0 Å². The minimum absolute atomic E-state index is 0.0755. The number of hydrogen-bond acceptors (Lipinski definition) is 4. The van der Waals surface area contributed by atoms with Crippen LogP contribution in [0.15, 0.2) is 55.2 Å². The van der Waals surface area contributed by atoms with Gasteiger partial charge in [-0.05, 0) is 17.7 Å². The van der Waals surface area contributed by atoms with Crippen LogP contribution in [0.25, 0.3) is 5.69 Å². The molecule has 1 aromatic carbocycles. The van der Waals surface area contributed by atoms with Crippen LogP contribution in [0, 0.1) is 0 Å². The number of aryl methyl sites for hydroxylation is 1. The van der Waals surface area contributed by atoms with Gasteiger partial charge in [-0.25, -0.2) is 9.67 Å². The third-order valence-electron chi connectivity index (χ3n) is 4.83. The van der Waals surface area contributed by atoms with Gasteiger partial charge < -0.3 is 15.2 Å². The van der Waals surface area contributed by atoms with E-state index in [9.17, 15) is 4.79 Å². The summed E-state index contributed by atoms with van der Waals surface area (Å²) in [6.07, 6.45) is 7.72. The molecule has 0 radical (unpaired) electrons. The molecule has 3 heterocycles. The molecule has 1 aliphatic rings. The molecule has 0 spiro atoms. The molecule has 2 aromatic heterocycles. The smallest absolute Gasteiger partial charge is 0.227 e. The third kappa shape index (κ3) is 3.25. The molecular weight excluding hydrogens is 328 g/mol. The summed E-state index contributed by atoms with van der Waals surface area (Å²) in [5.74, 6) is 0.165. The average molecular weight is 350 g/mol. The lowest BCUT2D eigenvalue weighted by Crippen LogP contribution is -2.33. The number of hydrogen-bond donors (Lipinski definition) is 1. The molecule has 0 unspecified atom stereocenters. The summed E-state index contributed by atoms with van der Waals surface area (Å²) >= 11 is 0. The molecule has 1 saturated heterocycles. The number of nitrogens with zero attached hydrogens (tertiary/aromatic N) is 5. The van der Waals surface area contributed by atoms with Crippen LogP contribution < -0.4 is 5.73 Å². The maximum Gasteiger partial charge on any atom is 0.227 e. The highest BCUT2D eigenvalue weighted by molar-refractivity contribution is 5.79. The van der Waals surface area contributed by atoms with Crippen molar-refractivity contribution in [2.75, 3.05) is 13.1 Å². The number of rotatable bonds is 4. The fourth-order valence-electron chi connectivity index (χ4n) is 3.43. The Morgan fingerprint density at radius 2 is 2.04 bits per heavy atom. The van der Waals surface area contributed by atoms with E-state index in [1.54, 1.807) is 17.2 Å². The number of benzene rings is 1. The SMILES string of the molecule is Cn1cnc([C@@H]2CN(C(=O)Cc3cnn(-c4ccccc4)c3)C[C@H]2N)c1. The first-order valence-electron chi connectivity index (χ1n) is 8.70. The van der Waals surface area contributed by atoms with Crippen LogP contribution in [-0.2, 0) is 18.3 Å². The number of nitrogens with two attached hydrogens (primary N) is 1. The summed E-state index contributed by atoms with van der Waals surface area (Å²) in [5, 5.41) is 4.35. The van der Waals surface area contributed by atoms with Crippen LogP contribution in [0.5, 0.6) is 0 Å². The van der Waals surface area contributed by atoms with Gasteiger partial charge in [-0.15, -0.1) is 0 Å². The second kappa shape index (κ2) is 6.76. The lowest BCUT2D eigenvalue weighted by Gasteiger charge is -2.15. The second-order valence-electron chi connectivity index (χ2n) is 6.84. The summed E-state index contributed by atoms with van der Waals surface area (Å²) in [4.78, 5) is 18.9. The molecule has 0 aliphatic carbocycles. The fourth-order valence-corrected chi connectivity index (χ4v) is 3.43.